The number of rotatable bonds is 3. The van der Waals surface area contributed by atoms with Gasteiger partial charge >= 0.3 is 5.91 Å². The molecule has 0 saturated heterocycles. The Bertz CT molecular complexity index is 575. The van der Waals surface area contributed by atoms with Crippen LogP contribution in [0.25, 0.3) is 0 Å². The van der Waals surface area contributed by atoms with E-state index in [2.05, 4.69) is 26.5 Å². The Morgan fingerprint density at radius 2 is 2.00 bits per heavy atom. The van der Waals surface area contributed by atoms with Crippen LogP contribution in [-0.2, 0) is 0 Å². The van der Waals surface area contributed by atoms with Crippen molar-refractivity contribution in [2.24, 2.45) is 5.10 Å². The first-order valence-corrected chi connectivity index (χ1v) is 5.82. The number of carbonyl (C=O) groups is 1. The molecule has 0 atom stereocenters. The van der Waals surface area contributed by atoms with Gasteiger partial charge in [0, 0.05) is 0 Å². The minimum absolute atomic E-state index is 0.171. The number of furan rings is 1. The fourth-order valence-electron chi connectivity index (χ4n) is 1.22. The van der Waals surface area contributed by atoms with Crippen molar-refractivity contribution in [3.8, 4) is 5.75 Å². The number of phenols is 1. The Kier molecular flexibility index (Phi) is 3.78. The van der Waals surface area contributed by atoms with Gasteiger partial charge in [0.15, 0.2) is 10.4 Å². The van der Waals surface area contributed by atoms with Gasteiger partial charge in [0.05, 0.1) is 6.21 Å². The normalized spacial score (nSPS) is 10.7. The third-order valence-electron chi connectivity index (χ3n) is 2.07. The zero-order chi connectivity index (χ0) is 13.0. The maximum atomic E-state index is 11.5. The van der Waals surface area contributed by atoms with E-state index in [1.165, 1.54) is 24.4 Å². The van der Waals surface area contributed by atoms with Crippen LogP contribution in [0.1, 0.15) is 16.1 Å². The van der Waals surface area contributed by atoms with Gasteiger partial charge in [0.25, 0.3) is 0 Å². The summed E-state index contributed by atoms with van der Waals surface area (Å²) < 4.78 is 5.54. The molecular formula is C12H9BrN2O3. The molecule has 0 unspecified atom stereocenters. The first-order chi connectivity index (χ1) is 8.65. The van der Waals surface area contributed by atoms with Gasteiger partial charge in [-0.15, -0.1) is 0 Å². The zero-order valence-electron chi connectivity index (χ0n) is 9.13. The van der Waals surface area contributed by atoms with Gasteiger partial charge < -0.3 is 9.52 Å². The SMILES string of the molecule is O=C(N/N=C/c1ccc(O)cc1)c1ccc(Br)o1. The maximum Gasteiger partial charge on any atom is 0.307 e. The molecule has 0 bridgehead atoms. The van der Waals surface area contributed by atoms with Crippen molar-refractivity contribution in [2.75, 3.05) is 0 Å². The minimum Gasteiger partial charge on any atom is -0.508 e. The van der Waals surface area contributed by atoms with Crippen LogP contribution in [0, 0.1) is 0 Å². The first kappa shape index (κ1) is 12.4. The Morgan fingerprint density at radius 3 is 2.61 bits per heavy atom. The Balaban J connectivity index is 1.95. The van der Waals surface area contributed by atoms with Gasteiger partial charge in [0.1, 0.15) is 5.75 Å². The lowest BCUT2D eigenvalue weighted by molar-refractivity contribution is 0.0926. The second-order valence-corrected chi connectivity index (χ2v) is 4.18. The third kappa shape index (κ3) is 3.21. The molecule has 2 aromatic rings. The number of halogens is 1. The number of hydrogen-bond donors (Lipinski definition) is 2. The van der Waals surface area contributed by atoms with Crippen molar-refractivity contribution < 1.29 is 14.3 Å². The monoisotopic (exact) mass is 308 g/mol. The Morgan fingerprint density at radius 1 is 1.28 bits per heavy atom. The molecule has 0 radical (unpaired) electrons. The van der Waals surface area contributed by atoms with Crippen molar-refractivity contribution in [1.82, 2.24) is 5.43 Å². The molecule has 2 rings (SSSR count). The summed E-state index contributed by atoms with van der Waals surface area (Å²) >= 11 is 3.10. The molecule has 1 heterocycles. The highest BCUT2D eigenvalue weighted by Gasteiger charge is 2.08. The average molecular weight is 309 g/mol. The van der Waals surface area contributed by atoms with Gasteiger partial charge in [-0.1, -0.05) is 0 Å². The molecule has 92 valence electrons. The number of phenolic OH excluding ortho intramolecular Hbond substituents is 1. The largest absolute Gasteiger partial charge is 0.508 e. The first-order valence-electron chi connectivity index (χ1n) is 5.03. The number of nitrogens with one attached hydrogen (secondary N) is 1. The van der Waals surface area contributed by atoms with E-state index in [9.17, 15) is 4.79 Å². The molecule has 6 heteroatoms. The highest BCUT2D eigenvalue weighted by molar-refractivity contribution is 9.10. The van der Waals surface area contributed by atoms with Gasteiger partial charge in [0.2, 0.25) is 0 Å². The van der Waals surface area contributed by atoms with Crippen LogP contribution < -0.4 is 5.43 Å². The van der Waals surface area contributed by atoms with E-state index in [0.717, 1.165) is 5.56 Å². The fraction of sp³-hybridized carbons (Fsp3) is 0. The molecule has 1 amide bonds. The molecule has 18 heavy (non-hydrogen) atoms. The van der Waals surface area contributed by atoms with Crippen LogP contribution in [0.5, 0.6) is 5.75 Å². The number of benzene rings is 1. The molecule has 1 aromatic carbocycles. The number of aromatic hydroxyl groups is 1. The second kappa shape index (κ2) is 5.50. The van der Waals surface area contributed by atoms with Crippen molar-refractivity contribution in [3.63, 3.8) is 0 Å². The lowest BCUT2D eigenvalue weighted by Crippen LogP contribution is -2.16. The molecular weight excluding hydrogens is 300 g/mol. The summed E-state index contributed by atoms with van der Waals surface area (Å²) in [5.74, 6) is -0.0860. The number of amides is 1. The molecule has 0 aliphatic heterocycles. The minimum atomic E-state index is -0.435. The van der Waals surface area contributed by atoms with Crippen molar-refractivity contribution in [2.45, 2.75) is 0 Å². The third-order valence-corrected chi connectivity index (χ3v) is 2.50. The van der Waals surface area contributed by atoms with Crippen LogP contribution >= 0.6 is 15.9 Å². The predicted octanol–water partition coefficient (Wildman–Crippen LogP) is 2.51. The van der Waals surface area contributed by atoms with Crippen LogP contribution in [0.3, 0.4) is 0 Å². The van der Waals surface area contributed by atoms with Crippen LogP contribution in [0.15, 0.2) is 50.6 Å². The fourth-order valence-corrected chi connectivity index (χ4v) is 1.52. The molecule has 0 fully saturated rings. The molecule has 0 saturated carbocycles. The van der Waals surface area contributed by atoms with E-state index in [-0.39, 0.29) is 11.5 Å². The lowest BCUT2D eigenvalue weighted by atomic mass is 10.2. The summed E-state index contributed by atoms with van der Waals surface area (Å²) in [4.78, 5) is 11.5. The number of carbonyl (C=O) groups excluding carboxylic acids is 1. The second-order valence-electron chi connectivity index (χ2n) is 3.39. The average Bonchev–Trinajstić information content (AvgIpc) is 2.78. The standard InChI is InChI=1S/C12H9BrN2O3/c13-11-6-5-10(18-11)12(17)15-14-7-8-1-3-9(16)4-2-8/h1-7,16H,(H,15,17)/b14-7+. The predicted molar refractivity (Wildman–Crippen MR) is 69.6 cm³/mol. The molecule has 0 aliphatic rings. The summed E-state index contributed by atoms with van der Waals surface area (Å²) in [7, 11) is 0. The maximum absolute atomic E-state index is 11.5. The smallest absolute Gasteiger partial charge is 0.307 e. The van der Waals surface area contributed by atoms with Crippen molar-refractivity contribution in [3.05, 3.63) is 52.4 Å². The van der Waals surface area contributed by atoms with Crippen LogP contribution in [0.4, 0.5) is 0 Å². The van der Waals surface area contributed by atoms with E-state index in [4.69, 9.17) is 9.52 Å². The summed E-state index contributed by atoms with van der Waals surface area (Å²) in [5.41, 5.74) is 3.09. The highest BCUT2D eigenvalue weighted by atomic mass is 79.9. The molecule has 1 aromatic heterocycles. The Hall–Kier alpha value is -2.08. The summed E-state index contributed by atoms with van der Waals surface area (Å²) in [5, 5.41) is 12.9. The summed E-state index contributed by atoms with van der Waals surface area (Å²) in [6, 6.07) is 9.58. The number of hydrogen-bond acceptors (Lipinski definition) is 4. The van der Waals surface area contributed by atoms with Gasteiger partial charge in [-0.25, -0.2) is 5.43 Å². The van der Waals surface area contributed by atoms with Gasteiger partial charge in [-0.05, 0) is 57.9 Å². The summed E-state index contributed by atoms with van der Waals surface area (Å²) in [6.45, 7) is 0. The highest BCUT2D eigenvalue weighted by Crippen LogP contribution is 2.13. The van der Waals surface area contributed by atoms with E-state index in [1.54, 1.807) is 18.2 Å². The Labute approximate surface area is 111 Å². The van der Waals surface area contributed by atoms with Gasteiger partial charge in [-0.3, -0.25) is 4.79 Å². The van der Waals surface area contributed by atoms with Crippen LogP contribution in [0.2, 0.25) is 0 Å². The number of hydrazone groups is 1. The summed E-state index contributed by atoms with van der Waals surface area (Å²) in [6.07, 6.45) is 1.47. The van der Waals surface area contributed by atoms with E-state index in [0.29, 0.717) is 4.67 Å². The quantitative estimate of drug-likeness (QED) is 0.676. The lowest BCUT2D eigenvalue weighted by Gasteiger charge is -1.96. The van der Waals surface area contributed by atoms with E-state index < -0.39 is 5.91 Å². The van der Waals surface area contributed by atoms with Gasteiger partial charge in [-0.2, -0.15) is 5.10 Å². The zero-order valence-corrected chi connectivity index (χ0v) is 10.7. The topological polar surface area (TPSA) is 74.8 Å². The van der Waals surface area contributed by atoms with Crippen molar-refractivity contribution in [1.29, 1.82) is 0 Å². The van der Waals surface area contributed by atoms with E-state index >= 15 is 0 Å². The molecule has 0 aliphatic carbocycles. The molecule has 2 N–H and O–H groups in total. The molecule has 0 spiro atoms. The van der Waals surface area contributed by atoms with E-state index in [1.807, 2.05) is 0 Å². The van der Waals surface area contributed by atoms with Crippen LogP contribution in [-0.4, -0.2) is 17.2 Å². The number of nitrogens with zero attached hydrogens (tertiary/aromatic N) is 1. The van der Waals surface area contributed by atoms with Crippen molar-refractivity contribution >= 4 is 28.1 Å². The molecule has 5 nitrogen and oxygen atoms in total.